The van der Waals surface area contributed by atoms with Crippen molar-refractivity contribution in [1.82, 2.24) is 9.97 Å². The minimum Gasteiger partial charge on any atom is -0.494 e. The zero-order valence-corrected chi connectivity index (χ0v) is 19.9. The first-order valence-corrected chi connectivity index (χ1v) is 11.8. The fourth-order valence-electron chi connectivity index (χ4n) is 3.44. The van der Waals surface area contributed by atoms with Crippen LogP contribution in [0.5, 0.6) is 11.5 Å². The van der Waals surface area contributed by atoms with Crippen molar-refractivity contribution >= 4 is 32.6 Å². The number of amides is 1. The van der Waals surface area contributed by atoms with E-state index in [-0.39, 0.29) is 5.91 Å². The van der Waals surface area contributed by atoms with Gasteiger partial charge in [0.05, 0.1) is 30.7 Å². The highest BCUT2D eigenvalue weighted by atomic mass is 32.1. The largest absolute Gasteiger partial charge is 0.494 e. The average Bonchev–Trinajstić information content (AvgIpc) is 3.30. The highest BCUT2D eigenvalue weighted by molar-refractivity contribution is 7.22. The van der Waals surface area contributed by atoms with Gasteiger partial charge in [-0.05, 0) is 61.4 Å². The summed E-state index contributed by atoms with van der Waals surface area (Å²) in [7, 11) is 1.63. The molecule has 0 fully saturated rings. The molecule has 0 unspecified atom stereocenters. The number of pyridine rings is 1. The lowest BCUT2D eigenvalue weighted by Gasteiger charge is -2.20. The van der Waals surface area contributed by atoms with Gasteiger partial charge in [-0.1, -0.05) is 36.8 Å². The predicted molar refractivity (Wildman–Crippen MR) is 133 cm³/mol. The van der Waals surface area contributed by atoms with E-state index in [9.17, 15) is 4.79 Å². The van der Waals surface area contributed by atoms with E-state index >= 15 is 0 Å². The SMILES string of the molecule is CCCCOc1ccc(C(=O)N(Cc2ccccn2)c2nc3c(OC)ccc(C)c3s2)cc1. The molecule has 2 aromatic heterocycles. The molecule has 0 aliphatic carbocycles. The number of hydrogen-bond acceptors (Lipinski definition) is 6. The van der Waals surface area contributed by atoms with Crippen LogP contribution < -0.4 is 14.4 Å². The van der Waals surface area contributed by atoms with Crippen molar-refractivity contribution in [1.29, 1.82) is 0 Å². The van der Waals surface area contributed by atoms with Crippen molar-refractivity contribution in [3.63, 3.8) is 0 Å². The number of thiazole rings is 1. The molecule has 0 spiro atoms. The maximum Gasteiger partial charge on any atom is 0.260 e. The summed E-state index contributed by atoms with van der Waals surface area (Å²) in [5.74, 6) is 1.31. The van der Waals surface area contributed by atoms with Crippen molar-refractivity contribution in [2.45, 2.75) is 33.2 Å². The highest BCUT2D eigenvalue weighted by Gasteiger charge is 2.23. The van der Waals surface area contributed by atoms with Gasteiger partial charge in [0.15, 0.2) is 5.13 Å². The molecule has 0 saturated heterocycles. The van der Waals surface area contributed by atoms with Gasteiger partial charge in [-0.25, -0.2) is 4.98 Å². The van der Waals surface area contributed by atoms with Crippen LogP contribution in [0.2, 0.25) is 0 Å². The van der Waals surface area contributed by atoms with Crippen molar-refractivity contribution in [3.05, 3.63) is 77.6 Å². The molecule has 0 atom stereocenters. The van der Waals surface area contributed by atoms with E-state index in [1.807, 2.05) is 49.4 Å². The Balaban J connectivity index is 1.69. The van der Waals surface area contributed by atoms with Gasteiger partial charge in [-0.2, -0.15) is 0 Å². The number of aromatic nitrogens is 2. The number of benzene rings is 2. The number of aryl methyl sites for hydroxylation is 1. The minimum atomic E-state index is -0.142. The van der Waals surface area contributed by atoms with Gasteiger partial charge in [-0.15, -0.1) is 0 Å². The zero-order valence-electron chi connectivity index (χ0n) is 19.1. The Bertz CT molecular complexity index is 1220. The highest BCUT2D eigenvalue weighted by Crippen LogP contribution is 2.37. The summed E-state index contributed by atoms with van der Waals surface area (Å²) in [4.78, 5) is 24.5. The van der Waals surface area contributed by atoms with E-state index in [2.05, 4.69) is 11.9 Å². The molecule has 0 aliphatic rings. The predicted octanol–water partition coefficient (Wildman–Crippen LogP) is 6.03. The Morgan fingerprint density at radius 1 is 1.09 bits per heavy atom. The fraction of sp³-hybridized carbons (Fsp3) is 0.269. The number of ether oxygens (including phenoxy) is 2. The van der Waals surface area contributed by atoms with Gasteiger partial charge in [-0.3, -0.25) is 14.7 Å². The lowest BCUT2D eigenvalue weighted by atomic mass is 10.2. The number of methoxy groups -OCH3 is 1. The molecule has 2 aromatic carbocycles. The van der Waals surface area contributed by atoms with Gasteiger partial charge in [0.2, 0.25) is 0 Å². The van der Waals surface area contributed by atoms with Crippen molar-refractivity contribution < 1.29 is 14.3 Å². The summed E-state index contributed by atoms with van der Waals surface area (Å²) in [6, 6.07) is 16.9. The fourth-order valence-corrected chi connectivity index (χ4v) is 4.49. The van der Waals surface area contributed by atoms with E-state index in [0.29, 0.717) is 29.6 Å². The number of carbonyl (C=O) groups excluding carboxylic acids is 1. The van der Waals surface area contributed by atoms with Crippen LogP contribution in [0.15, 0.2) is 60.8 Å². The van der Waals surface area contributed by atoms with Crippen molar-refractivity contribution in [3.8, 4) is 11.5 Å². The second-order valence-corrected chi connectivity index (χ2v) is 8.68. The molecule has 0 saturated carbocycles. The molecule has 4 rings (SSSR count). The van der Waals surface area contributed by atoms with Crippen LogP contribution in [0.1, 0.15) is 41.4 Å². The van der Waals surface area contributed by atoms with Gasteiger partial charge in [0.25, 0.3) is 5.91 Å². The van der Waals surface area contributed by atoms with Crippen LogP contribution in [0, 0.1) is 6.92 Å². The topological polar surface area (TPSA) is 64.5 Å². The van der Waals surface area contributed by atoms with Crippen LogP contribution >= 0.6 is 11.3 Å². The number of rotatable bonds is 9. The minimum absolute atomic E-state index is 0.142. The van der Waals surface area contributed by atoms with Crippen LogP contribution in [0.4, 0.5) is 5.13 Å². The summed E-state index contributed by atoms with van der Waals surface area (Å²) >= 11 is 1.48. The first-order valence-electron chi connectivity index (χ1n) is 11.0. The smallest absolute Gasteiger partial charge is 0.260 e. The summed E-state index contributed by atoms with van der Waals surface area (Å²) in [5.41, 5.74) is 3.20. The zero-order chi connectivity index (χ0) is 23.2. The molecule has 4 aromatic rings. The Labute approximate surface area is 197 Å². The average molecular weight is 462 g/mol. The number of anilines is 1. The number of unbranched alkanes of at least 4 members (excludes halogenated alkanes) is 1. The number of hydrogen-bond donors (Lipinski definition) is 0. The molecular formula is C26H27N3O3S. The molecule has 0 radical (unpaired) electrons. The van der Waals surface area contributed by atoms with Gasteiger partial charge in [0.1, 0.15) is 17.0 Å². The third kappa shape index (κ3) is 5.14. The van der Waals surface area contributed by atoms with E-state index in [1.165, 1.54) is 11.3 Å². The molecule has 0 bridgehead atoms. The number of carbonyl (C=O) groups is 1. The van der Waals surface area contributed by atoms with Crippen LogP contribution in [0.3, 0.4) is 0 Å². The molecule has 33 heavy (non-hydrogen) atoms. The van der Waals surface area contributed by atoms with Crippen LogP contribution in [0.25, 0.3) is 10.2 Å². The summed E-state index contributed by atoms with van der Waals surface area (Å²) in [6.45, 7) is 5.14. The van der Waals surface area contributed by atoms with Crippen molar-refractivity contribution in [2.75, 3.05) is 18.6 Å². The van der Waals surface area contributed by atoms with Crippen LogP contribution in [-0.2, 0) is 6.54 Å². The summed E-state index contributed by atoms with van der Waals surface area (Å²) < 4.78 is 12.3. The Morgan fingerprint density at radius 2 is 1.91 bits per heavy atom. The summed E-state index contributed by atoms with van der Waals surface area (Å²) in [5, 5.41) is 0.608. The first-order chi connectivity index (χ1) is 16.1. The second kappa shape index (κ2) is 10.4. The lowest BCUT2D eigenvalue weighted by molar-refractivity contribution is 0.0984. The number of fused-ring (bicyclic) bond motifs is 1. The monoisotopic (exact) mass is 461 g/mol. The van der Waals surface area contributed by atoms with Gasteiger partial charge >= 0.3 is 0 Å². The van der Waals surface area contributed by atoms with E-state index in [4.69, 9.17) is 14.5 Å². The summed E-state index contributed by atoms with van der Waals surface area (Å²) in [6.07, 6.45) is 3.80. The maximum atomic E-state index is 13.6. The molecule has 2 heterocycles. The maximum absolute atomic E-state index is 13.6. The molecular weight excluding hydrogens is 434 g/mol. The van der Waals surface area contributed by atoms with E-state index in [0.717, 1.165) is 40.1 Å². The normalized spacial score (nSPS) is 10.9. The molecule has 170 valence electrons. The van der Waals surface area contributed by atoms with E-state index < -0.39 is 0 Å². The Hall–Kier alpha value is -3.45. The van der Waals surface area contributed by atoms with Gasteiger partial charge in [0, 0.05) is 11.8 Å². The Morgan fingerprint density at radius 3 is 2.61 bits per heavy atom. The van der Waals surface area contributed by atoms with E-state index in [1.54, 1.807) is 30.3 Å². The molecule has 6 nitrogen and oxygen atoms in total. The van der Waals surface area contributed by atoms with Crippen molar-refractivity contribution in [2.24, 2.45) is 0 Å². The quantitative estimate of drug-likeness (QED) is 0.285. The molecule has 0 N–H and O–H groups in total. The lowest BCUT2D eigenvalue weighted by Crippen LogP contribution is -2.30. The first kappa shape index (κ1) is 22.7. The van der Waals surface area contributed by atoms with Crippen LogP contribution in [-0.4, -0.2) is 29.6 Å². The van der Waals surface area contributed by atoms with Gasteiger partial charge < -0.3 is 9.47 Å². The molecule has 1 amide bonds. The Kier molecular flexibility index (Phi) is 7.19. The molecule has 0 aliphatic heterocycles. The third-order valence-electron chi connectivity index (χ3n) is 5.30. The third-order valence-corrected chi connectivity index (χ3v) is 6.52. The second-order valence-electron chi connectivity index (χ2n) is 7.70. The standard InChI is InChI=1S/C26H27N3O3S/c1-4-5-16-32-21-12-10-19(11-13-21)25(30)29(17-20-8-6-7-15-27-20)26-28-23-22(31-3)14-9-18(2)24(23)33-26/h6-15H,4-5,16-17H2,1-3H3. The molecule has 7 heteroatoms. The number of nitrogens with zero attached hydrogens (tertiary/aromatic N) is 3.